The number of hydrogen-bond acceptors (Lipinski definition) is 4. The van der Waals surface area contributed by atoms with Crippen molar-refractivity contribution in [1.82, 2.24) is 15.5 Å². The predicted molar refractivity (Wildman–Crippen MR) is 64.4 cm³/mol. The highest BCUT2D eigenvalue weighted by Crippen LogP contribution is 2.21. The summed E-state index contributed by atoms with van der Waals surface area (Å²) in [7, 11) is 0. The number of rotatable bonds is 3. The van der Waals surface area contributed by atoms with Crippen LogP contribution in [0.1, 0.15) is 18.7 Å². The molecule has 3 rings (SSSR count). The fourth-order valence-corrected chi connectivity index (χ4v) is 2.26. The third-order valence-corrected chi connectivity index (χ3v) is 3.22. The first-order valence-corrected chi connectivity index (χ1v) is 6.24. The minimum Gasteiger partial charge on any atom is -0.339 e. The molecule has 2 heterocycles. The molecule has 0 spiro atoms. The lowest BCUT2D eigenvalue weighted by Crippen LogP contribution is -2.23. The second kappa shape index (κ2) is 5.05. The van der Waals surface area contributed by atoms with Gasteiger partial charge in [-0.05, 0) is 37.6 Å². The van der Waals surface area contributed by atoms with Crippen molar-refractivity contribution in [1.29, 1.82) is 0 Å². The maximum absolute atomic E-state index is 13.6. The Bertz CT molecular complexity index is 579. The molecule has 6 heteroatoms. The molecule has 1 unspecified atom stereocenters. The Labute approximate surface area is 108 Å². The molecule has 1 aliphatic rings. The van der Waals surface area contributed by atoms with Crippen LogP contribution in [0.25, 0.3) is 11.4 Å². The minimum atomic E-state index is -0.562. The van der Waals surface area contributed by atoms with Gasteiger partial charge in [0.1, 0.15) is 11.6 Å². The topological polar surface area (TPSA) is 51.0 Å². The molecule has 19 heavy (non-hydrogen) atoms. The molecule has 0 aliphatic carbocycles. The van der Waals surface area contributed by atoms with Crippen molar-refractivity contribution in [3.63, 3.8) is 0 Å². The van der Waals surface area contributed by atoms with Gasteiger partial charge in [-0.1, -0.05) is 5.16 Å². The van der Waals surface area contributed by atoms with Crippen LogP contribution < -0.4 is 5.32 Å². The van der Waals surface area contributed by atoms with Gasteiger partial charge in [-0.3, -0.25) is 0 Å². The summed E-state index contributed by atoms with van der Waals surface area (Å²) in [5, 5.41) is 7.02. The van der Waals surface area contributed by atoms with E-state index < -0.39 is 11.6 Å². The molecule has 1 aliphatic heterocycles. The highest BCUT2D eigenvalue weighted by molar-refractivity contribution is 5.55. The summed E-state index contributed by atoms with van der Waals surface area (Å²) in [5.74, 6) is -0.559. The minimum absolute atomic E-state index is 0.0226. The van der Waals surface area contributed by atoms with Crippen LogP contribution in [0.5, 0.6) is 0 Å². The van der Waals surface area contributed by atoms with Gasteiger partial charge < -0.3 is 9.84 Å². The van der Waals surface area contributed by atoms with Crippen LogP contribution in [0.2, 0.25) is 0 Å². The predicted octanol–water partition coefficient (Wildman–Crippen LogP) is 2.31. The van der Waals surface area contributed by atoms with Crippen LogP contribution in [0.4, 0.5) is 8.78 Å². The number of aromatic nitrogens is 2. The molecule has 1 saturated heterocycles. The van der Waals surface area contributed by atoms with E-state index in [1.807, 2.05) is 0 Å². The van der Waals surface area contributed by atoms with Crippen molar-refractivity contribution in [2.24, 2.45) is 0 Å². The van der Waals surface area contributed by atoms with Crippen LogP contribution in [-0.4, -0.2) is 22.7 Å². The van der Waals surface area contributed by atoms with Crippen LogP contribution in [-0.2, 0) is 6.42 Å². The first-order chi connectivity index (χ1) is 9.22. The van der Waals surface area contributed by atoms with Crippen molar-refractivity contribution in [3.8, 4) is 11.4 Å². The lowest BCUT2D eigenvalue weighted by Gasteiger charge is -2.04. The number of nitrogens with zero attached hydrogens (tertiary/aromatic N) is 2. The van der Waals surface area contributed by atoms with Gasteiger partial charge in [-0.2, -0.15) is 4.98 Å². The Morgan fingerprint density at radius 2 is 2.26 bits per heavy atom. The summed E-state index contributed by atoms with van der Waals surface area (Å²) in [5.41, 5.74) is 0.0226. The molecule has 1 aromatic carbocycles. The van der Waals surface area contributed by atoms with Gasteiger partial charge in [-0.15, -0.1) is 0 Å². The second-order valence-corrected chi connectivity index (χ2v) is 4.63. The van der Waals surface area contributed by atoms with Crippen molar-refractivity contribution in [2.75, 3.05) is 6.54 Å². The summed E-state index contributed by atoms with van der Waals surface area (Å²) in [4.78, 5) is 4.12. The van der Waals surface area contributed by atoms with Crippen molar-refractivity contribution in [2.45, 2.75) is 25.3 Å². The zero-order valence-corrected chi connectivity index (χ0v) is 10.2. The van der Waals surface area contributed by atoms with E-state index in [0.29, 0.717) is 18.4 Å². The average Bonchev–Trinajstić information content (AvgIpc) is 3.04. The molecular weight excluding hydrogens is 252 g/mol. The Balaban J connectivity index is 1.82. The van der Waals surface area contributed by atoms with Gasteiger partial charge in [-0.25, -0.2) is 8.78 Å². The third kappa shape index (κ3) is 2.63. The maximum Gasteiger partial charge on any atom is 0.228 e. The van der Waals surface area contributed by atoms with Gasteiger partial charge in [0.15, 0.2) is 0 Å². The zero-order valence-electron chi connectivity index (χ0n) is 10.2. The standard InChI is InChI=1S/C13H13F2N3O/c14-8-3-4-11(15)10(6-8)13-17-12(19-18-13)7-9-2-1-5-16-9/h3-4,6,9,16H,1-2,5,7H2. The Hall–Kier alpha value is -1.82. The Kier molecular flexibility index (Phi) is 3.25. The molecule has 1 fully saturated rings. The van der Waals surface area contributed by atoms with Crippen molar-refractivity contribution < 1.29 is 13.3 Å². The largest absolute Gasteiger partial charge is 0.339 e. The van der Waals surface area contributed by atoms with E-state index >= 15 is 0 Å². The molecular formula is C13H13F2N3O. The fraction of sp³-hybridized carbons (Fsp3) is 0.385. The molecule has 0 amide bonds. The van der Waals surface area contributed by atoms with Crippen molar-refractivity contribution >= 4 is 0 Å². The van der Waals surface area contributed by atoms with Crippen LogP contribution in [0.15, 0.2) is 22.7 Å². The van der Waals surface area contributed by atoms with Gasteiger partial charge >= 0.3 is 0 Å². The molecule has 0 radical (unpaired) electrons. The van der Waals surface area contributed by atoms with Crippen LogP contribution >= 0.6 is 0 Å². The van der Waals surface area contributed by atoms with Gasteiger partial charge in [0, 0.05) is 12.5 Å². The summed E-state index contributed by atoms with van der Waals surface area (Å²) in [6, 6.07) is 3.50. The van der Waals surface area contributed by atoms with Crippen LogP contribution in [0, 0.1) is 11.6 Å². The number of benzene rings is 1. The van der Waals surface area contributed by atoms with E-state index in [1.165, 1.54) is 0 Å². The van der Waals surface area contributed by atoms with E-state index in [9.17, 15) is 8.78 Å². The molecule has 4 nitrogen and oxygen atoms in total. The molecule has 0 bridgehead atoms. The van der Waals surface area contributed by atoms with Gasteiger partial charge in [0.25, 0.3) is 0 Å². The summed E-state index contributed by atoms with van der Waals surface area (Å²) in [6.07, 6.45) is 2.81. The molecule has 100 valence electrons. The number of hydrogen-bond donors (Lipinski definition) is 1. The Morgan fingerprint density at radius 3 is 3.05 bits per heavy atom. The molecule has 0 saturated carbocycles. The van der Waals surface area contributed by atoms with Gasteiger partial charge in [0.05, 0.1) is 5.56 Å². The third-order valence-electron chi connectivity index (χ3n) is 3.22. The monoisotopic (exact) mass is 265 g/mol. The van der Waals surface area contributed by atoms with Crippen LogP contribution in [0.3, 0.4) is 0 Å². The Morgan fingerprint density at radius 1 is 1.37 bits per heavy atom. The fourth-order valence-electron chi connectivity index (χ4n) is 2.26. The van der Waals surface area contributed by atoms with E-state index in [-0.39, 0.29) is 11.4 Å². The first kappa shape index (κ1) is 12.2. The lowest BCUT2D eigenvalue weighted by molar-refractivity contribution is 0.364. The summed E-state index contributed by atoms with van der Waals surface area (Å²) >= 11 is 0. The molecule has 1 N–H and O–H groups in total. The van der Waals surface area contributed by atoms with E-state index in [1.54, 1.807) is 0 Å². The average molecular weight is 265 g/mol. The van der Waals surface area contributed by atoms with Crippen molar-refractivity contribution in [3.05, 3.63) is 35.7 Å². The molecule has 2 aromatic rings. The van der Waals surface area contributed by atoms with E-state index in [0.717, 1.165) is 37.6 Å². The highest BCUT2D eigenvalue weighted by atomic mass is 19.1. The number of halogens is 2. The summed E-state index contributed by atoms with van der Waals surface area (Å²) < 4.78 is 31.8. The first-order valence-electron chi connectivity index (χ1n) is 6.24. The normalized spacial score (nSPS) is 18.9. The smallest absolute Gasteiger partial charge is 0.228 e. The zero-order chi connectivity index (χ0) is 13.2. The molecule has 1 aromatic heterocycles. The van der Waals surface area contributed by atoms with E-state index in [2.05, 4.69) is 15.5 Å². The number of nitrogens with one attached hydrogen (secondary N) is 1. The SMILES string of the molecule is Fc1ccc(F)c(-c2noc(CC3CCCN3)n2)c1. The highest BCUT2D eigenvalue weighted by Gasteiger charge is 2.19. The lowest BCUT2D eigenvalue weighted by atomic mass is 10.1. The quantitative estimate of drug-likeness (QED) is 0.925. The molecule has 1 atom stereocenters. The van der Waals surface area contributed by atoms with E-state index in [4.69, 9.17) is 4.52 Å². The maximum atomic E-state index is 13.6. The second-order valence-electron chi connectivity index (χ2n) is 4.63. The summed E-state index contributed by atoms with van der Waals surface area (Å²) in [6.45, 7) is 0.990. The van der Waals surface area contributed by atoms with Gasteiger partial charge in [0.2, 0.25) is 11.7 Å².